The Kier molecular flexibility index (Phi) is 37.7. The molecule has 0 aromatic heterocycles. The van der Waals surface area contributed by atoms with E-state index in [1.165, 1.54) is 193 Å². The van der Waals surface area contributed by atoms with Crippen LogP contribution in [0.3, 0.4) is 0 Å². The number of ether oxygens (including phenoxy) is 1. The molecule has 0 aliphatic rings. The van der Waals surface area contributed by atoms with E-state index in [2.05, 4.69) is 32.9 Å². The Morgan fingerprint density at radius 2 is 0.841 bits per heavy atom. The molecule has 0 fully saturated rings. The van der Waals surface area contributed by atoms with Gasteiger partial charge in [-0.3, -0.25) is 4.79 Å². The molecule has 0 radical (unpaired) electrons. The minimum Gasteiger partial charge on any atom is -0.466 e. The molecule has 0 saturated carbocycles. The second kappa shape index (κ2) is 38.4. The van der Waals surface area contributed by atoms with Crippen LogP contribution in [0.15, 0.2) is 12.2 Å². The van der Waals surface area contributed by atoms with Crippen molar-refractivity contribution in [2.24, 2.45) is 5.92 Å². The first kappa shape index (κ1) is 43.2. The highest BCUT2D eigenvalue weighted by molar-refractivity contribution is 5.69. The van der Waals surface area contributed by atoms with Crippen LogP contribution < -0.4 is 0 Å². The van der Waals surface area contributed by atoms with Crippen molar-refractivity contribution in [1.29, 1.82) is 0 Å². The zero-order valence-electron chi connectivity index (χ0n) is 30.8. The summed E-state index contributed by atoms with van der Waals surface area (Å²) < 4.78 is 5.44. The molecule has 0 saturated heterocycles. The van der Waals surface area contributed by atoms with E-state index in [0.717, 1.165) is 25.2 Å². The molecule has 0 aliphatic heterocycles. The lowest BCUT2D eigenvalue weighted by molar-refractivity contribution is -0.143. The largest absolute Gasteiger partial charge is 0.466 e. The summed E-state index contributed by atoms with van der Waals surface area (Å²) in [6.07, 6.45) is 50.1. The van der Waals surface area contributed by atoms with Gasteiger partial charge in [-0.1, -0.05) is 213 Å². The van der Waals surface area contributed by atoms with Crippen LogP contribution in [0, 0.1) is 5.92 Å². The number of unbranched alkanes of at least 4 members (excludes halogenated alkanes) is 28. The molecule has 0 N–H and O–H groups in total. The summed E-state index contributed by atoms with van der Waals surface area (Å²) in [7, 11) is 0. The van der Waals surface area contributed by atoms with Crippen molar-refractivity contribution in [2.45, 2.75) is 239 Å². The molecule has 0 spiro atoms. The SMILES string of the molecule is CCCC/C=C\CCCCCCCC(=O)OCCCCCCCCCCCCCCCCCCCCCCCCC(C)CC. The van der Waals surface area contributed by atoms with Gasteiger partial charge in [0.2, 0.25) is 0 Å². The second-order valence-corrected chi connectivity index (χ2v) is 14.2. The van der Waals surface area contributed by atoms with Crippen molar-refractivity contribution in [2.75, 3.05) is 6.61 Å². The molecule has 0 aliphatic carbocycles. The van der Waals surface area contributed by atoms with Crippen molar-refractivity contribution in [3.05, 3.63) is 12.2 Å². The monoisotopic (exact) mass is 619 g/mol. The first-order valence-electron chi connectivity index (χ1n) is 20.5. The fourth-order valence-electron chi connectivity index (χ4n) is 6.21. The molecular formula is C42H82O2. The van der Waals surface area contributed by atoms with Crippen molar-refractivity contribution in [3.8, 4) is 0 Å². The van der Waals surface area contributed by atoms with Crippen molar-refractivity contribution >= 4 is 5.97 Å². The first-order chi connectivity index (χ1) is 21.7. The average molecular weight is 619 g/mol. The molecular weight excluding hydrogens is 536 g/mol. The van der Waals surface area contributed by atoms with Gasteiger partial charge >= 0.3 is 5.97 Å². The molecule has 1 atom stereocenters. The van der Waals surface area contributed by atoms with Gasteiger partial charge in [0.05, 0.1) is 6.61 Å². The highest BCUT2D eigenvalue weighted by Crippen LogP contribution is 2.17. The van der Waals surface area contributed by atoms with Crippen LogP contribution in [-0.2, 0) is 9.53 Å². The number of carbonyl (C=O) groups excluding carboxylic acids is 1. The Hall–Kier alpha value is -0.790. The van der Waals surface area contributed by atoms with Gasteiger partial charge in [-0.2, -0.15) is 0 Å². The third-order valence-electron chi connectivity index (χ3n) is 9.69. The zero-order chi connectivity index (χ0) is 32.0. The fourth-order valence-corrected chi connectivity index (χ4v) is 6.21. The Morgan fingerprint density at radius 1 is 0.477 bits per heavy atom. The predicted octanol–water partition coefficient (Wildman–Crippen LogP) is 15.0. The van der Waals surface area contributed by atoms with Gasteiger partial charge in [0.1, 0.15) is 0 Å². The van der Waals surface area contributed by atoms with Crippen LogP contribution in [0.5, 0.6) is 0 Å². The summed E-state index contributed by atoms with van der Waals surface area (Å²) in [5, 5.41) is 0. The molecule has 262 valence electrons. The maximum absolute atomic E-state index is 11.9. The fraction of sp³-hybridized carbons (Fsp3) is 0.929. The Labute approximate surface area is 278 Å². The summed E-state index contributed by atoms with van der Waals surface area (Å²) in [6, 6.07) is 0. The predicted molar refractivity (Wildman–Crippen MR) is 198 cm³/mol. The van der Waals surface area contributed by atoms with Crippen molar-refractivity contribution in [3.63, 3.8) is 0 Å². The quantitative estimate of drug-likeness (QED) is 0.0393. The van der Waals surface area contributed by atoms with Crippen LogP contribution >= 0.6 is 0 Å². The highest BCUT2D eigenvalue weighted by atomic mass is 16.5. The van der Waals surface area contributed by atoms with Crippen LogP contribution in [0.25, 0.3) is 0 Å². The van der Waals surface area contributed by atoms with E-state index in [0.29, 0.717) is 13.0 Å². The maximum Gasteiger partial charge on any atom is 0.305 e. The zero-order valence-corrected chi connectivity index (χ0v) is 30.8. The van der Waals surface area contributed by atoms with Gasteiger partial charge in [-0.25, -0.2) is 0 Å². The van der Waals surface area contributed by atoms with Gasteiger partial charge in [0.15, 0.2) is 0 Å². The van der Waals surface area contributed by atoms with E-state index < -0.39 is 0 Å². The van der Waals surface area contributed by atoms with Crippen molar-refractivity contribution < 1.29 is 9.53 Å². The molecule has 44 heavy (non-hydrogen) atoms. The van der Waals surface area contributed by atoms with E-state index in [-0.39, 0.29) is 5.97 Å². The smallest absolute Gasteiger partial charge is 0.305 e. The Bertz CT molecular complexity index is 568. The first-order valence-corrected chi connectivity index (χ1v) is 20.5. The summed E-state index contributed by atoms with van der Waals surface area (Å²) in [4.78, 5) is 11.9. The van der Waals surface area contributed by atoms with E-state index in [4.69, 9.17) is 4.74 Å². The number of esters is 1. The van der Waals surface area contributed by atoms with Gasteiger partial charge in [0, 0.05) is 6.42 Å². The third kappa shape index (κ3) is 37.4. The molecule has 2 nitrogen and oxygen atoms in total. The maximum atomic E-state index is 11.9. The Balaban J connectivity index is 3.15. The molecule has 0 bridgehead atoms. The lowest BCUT2D eigenvalue weighted by Gasteiger charge is -2.07. The normalized spacial score (nSPS) is 12.3. The number of hydrogen-bond acceptors (Lipinski definition) is 2. The summed E-state index contributed by atoms with van der Waals surface area (Å²) in [5.74, 6) is 0.953. The summed E-state index contributed by atoms with van der Waals surface area (Å²) in [5.41, 5.74) is 0. The van der Waals surface area contributed by atoms with Crippen molar-refractivity contribution in [1.82, 2.24) is 0 Å². The number of allylic oxidation sites excluding steroid dienone is 2. The summed E-state index contributed by atoms with van der Waals surface area (Å²) in [6.45, 7) is 7.59. The molecule has 0 rings (SSSR count). The van der Waals surface area contributed by atoms with Crippen LogP contribution in [0.1, 0.15) is 239 Å². The minimum absolute atomic E-state index is 0.0167. The lowest BCUT2D eigenvalue weighted by atomic mass is 9.99. The topological polar surface area (TPSA) is 26.3 Å². The van der Waals surface area contributed by atoms with E-state index in [1.54, 1.807) is 0 Å². The molecule has 0 aromatic carbocycles. The second-order valence-electron chi connectivity index (χ2n) is 14.2. The number of rotatable bonds is 37. The highest BCUT2D eigenvalue weighted by Gasteiger charge is 2.03. The molecule has 1 unspecified atom stereocenters. The standard InChI is InChI=1S/C42H82O2/c1-4-6-7-8-9-10-23-27-30-33-36-39-42(43)44-40-37-34-31-28-25-22-20-18-16-14-12-11-13-15-17-19-21-24-26-29-32-35-38-41(3)5-2/h8-9,41H,4-7,10-40H2,1-3H3/b9-8-. The van der Waals surface area contributed by atoms with Crippen LogP contribution in [-0.4, -0.2) is 12.6 Å². The van der Waals surface area contributed by atoms with Crippen LogP contribution in [0.4, 0.5) is 0 Å². The van der Waals surface area contributed by atoms with Gasteiger partial charge in [-0.15, -0.1) is 0 Å². The summed E-state index contributed by atoms with van der Waals surface area (Å²) >= 11 is 0. The lowest BCUT2D eigenvalue weighted by Crippen LogP contribution is -2.05. The molecule has 0 amide bonds. The number of hydrogen-bond donors (Lipinski definition) is 0. The molecule has 0 aromatic rings. The Morgan fingerprint density at radius 3 is 1.27 bits per heavy atom. The van der Waals surface area contributed by atoms with Crippen LogP contribution in [0.2, 0.25) is 0 Å². The van der Waals surface area contributed by atoms with Gasteiger partial charge in [-0.05, 0) is 38.0 Å². The van der Waals surface area contributed by atoms with E-state index in [1.807, 2.05) is 0 Å². The molecule has 2 heteroatoms. The minimum atomic E-state index is 0.0167. The van der Waals surface area contributed by atoms with E-state index >= 15 is 0 Å². The van der Waals surface area contributed by atoms with Gasteiger partial charge in [0.25, 0.3) is 0 Å². The van der Waals surface area contributed by atoms with E-state index in [9.17, 15) is 4.79 Å². The average Bonchev–Trinajstić information content (AvgIpc) is 3.03. The third-order valence-corrected chi connectivity index (χ3v) is 9.69. The molecule has 0 heterocycles. The van der Waals surface area contributed by atoms with Gasteiger partial charge < -0.3 is 4.74 Å². The number of carbonyl (C=O) groups is 1.